The highest BCUT2D eigenvalue weighted by Gasteiger charge is 2.08. The Balaban J connectivity index is 3.63. The predicted octanol–water partition coefficient (Wildman–Crippen LogP) is 0.916. The summed E-state index contributed by atoms with van der Waals surface area (Å²) >= 11 is 0. The van der Waals surface area contributed by atoms with Crippen LogP contribution in [0.5, 0.6) is 0 Å². The molecule has 0 radical (unpaired) electrons. The van der Waals surface area contributed by atoms with Gasteiger partial charge in [-0.1, -0.05) is 5.11 Å². The summed E-state index contributed by atoms with van der Waals surface area (Å²) in [5.74, 6) is 0. The second-order valence-corrected chi connectivity index (χ2v) is 3.20. The van der Waals surface area contributed by atoms with E-state index in [1.54, 1.807) is 0 Å². The molecule has 2 N–H and O–H groups in total. The minimum Gasteiger partial charge on any atom is -0.309 e. The zero-order valence-electron chi connectivity index (χ0n) is 9.08. The molecule has 82 valence electrons. The van der Waals surface area contributed by atoms with Crippen LogP contribution in [0.25, 0.3) is 0 Å². The van der Waals surface area contributed by atoms with E-state index in [1.807, 2.05) is 21.0 Å². The van der Waals surface area contributed by atoms with Crippen LogP contribution in [-0.4, -0.2) is 49.7 Å². The van der Waals surface area contributed by atoms with E-state index >= 15 is 0 Å². The lowest BCUT2D eigenvalue weighted by Crippen LogP contribution is -2.42. The number of amides is 2. The molecule has 6 nitrogen and oxygen atoms in total. The van der Waals surface area contributed by atoms with E-state index in [9.17, 15) is 4.79 Å². The van der Waals surface area contributed by atoms with E-state index in [-0.39, 0.29) is 0 Å². The van der Waals surface area contributed by atoms with E-state index in [1.165, 1.54) is 5.01 Å². The van der Waals surface area contributed by atoms with Crippen molar-refractivity contribution in [2.45, 2.75) is 13.3 Å². The van der Waals surface area contributed by atoms with Crippen molar-refractivity contribution in [2.75, 3.05) is 33.7 Å². The Kier molecular flexibility index (Phi) is 6.87. The topological polar surface area (TPSA) is 71.8 Å². The van der Waals surface area contributed by atoms with Crippen molar-refractivity contribution in [3.63, 3.8) is 0 Å². The molecule has 0 fully saturated rings. The van der Waals surface area contributed by atoms with Gasteiger partial charge in [0.2, 0.25) is 0 Å². The molecule has 6 heteroatoms. The summed E-state index contributed by atoms with van der Waals surface area (Å²) in [6, 6.07) is -0.544. The molecule has 0 spiro atoms. The summed E-state index contributed by atoms with van der Waals surface area (Å²) in [7, 11) is 4.00. The number of carbonyl (C=O) groups is 1. The maximum Gasteiger partial charge on any atom is 0.375 e. The lowest BCUT2D eigenvalue weighted by molar-refractivity contribution is 0.180. The Morgan fingerprint density at radius 3 is 2.57 bits per heavy atom. The normalized spacial score (nSPS) is 10.3. The molecule has 0 saturated carbocycles. The molecule has 0 rings (SSSR count). The number of nitrogens with zero attached hydrogens (tertiary/aromatic N) is 3. The van der Waals surface area contributed by atoms with Gasteiger partial charge in [0.15, 0.2) is 0 Å². The van der Waals surface area contributed by atoms with Gasteiger partial charge in [-0.2, -0.15) is 5.53 Å². The van der Waals surface area contributed by atoms with E-state index in [2.05, 4.69) is 15.4 Å². The lowest BCUT2D eigenvalue weighted by atomic mass is 10.4. The maximum atomic E-state index is 11.0. The fourth-order valence-corrected chi connectivity index (χ4v) is 0.984. The summed E-state index contributed by atoms with van der Waals surface area (Å²) in [5, 5.41) is 4.17. The Labute approximate surface area is 84.7 Å². The predicted molar refractivity (Wildman–Crippen MR) is 54.1 cm³/mol. The zero-order chi connectivity index (χ0) is 11.0. The smallest absolute Gasteiger partial charge is 0.309 e. The van der Waals surface area contributed by atoms with E-state index < -0.39 is 6.03 Å². The molecule has 0 aliphatic heterocycles. The molecule has 0 aromatic carbocycles. The van der Waals surface area contributed by atoms with Gasteiger partial charge in [0.05, 0.1) is 0 Å². The largest absolute Gasteiger partial charge is 0.375 e. The summed E-state index contributed by atoms with van der Waals surface area (Å²) in [5.41, 5.74) is 9.50. The summed E-state index contributed by atoms with van der Waals surface area (Å²) in [6.07, 6.45) is 0.953. The first-order valence-corrected chi connectivity index (χ1v) is 4.69. The van der Waals surface area contributed by atoms with Crippen molar-refractivity contribution in [2.24, 2.45) is 5.11 Å². The number of hydrazine groups is 1. The van der Waals surface area contributed by atoms with Crippen molar-refractivity contribution in [3.05, 3.63) is 0 Å². The van der Waals surface area contributed by atoms with Crippen molar-refractivity contribution in [1.29, 1.82) is 5.53 Å². The second-order valence-electron chi connectivity index (χ2n) is 3.20. The molecule has 0 heterocycles. The van der Waals surface area contributed by atoms with Crippen LogP contribution < -0.4 is 5.43 Å². The number of nitrogens with one attached hydrogen (secondary N) is 2. The van der Waals surface area contributed by atoms with Gasteiger partial charge in [-0.15, -0.1) is 0 Å². The van der Waals surface area contributed by atoms with Gasteiger partial charge in [-0.3, -0.25) is 5.01 Å². The van der Waals surface area contributed by atoms with Crippen molar-refractivity contribution < 1.29 is 4.79 Å². The fraction of sp³-hybridized carbons (Fsp3) is 0.875. The van der Waals surface area contributed by atoms with E-state index in [0.717, 1.165) is 13.0 Å². The van der Waals surface area contributed by atoms with Gasteiger partial charge in [0.25, 0.3) is 0 Å². The van der Waals surface area contributed by atoms with Crippen LogP contribution in [0.2, 0.25) is 0 Å². The molecule has 0 aromatic rings. The number of rotatable bonds is 6. The second kappa shape index (κ2) is 7.40. The summed E-state index contributed by atoms with van der Waals surface area (Å²) < 4.78 is 0. The van der Waals surface area contributed by atoms with E-state index in [4.69, 9.17) is 5.53 Å². The number of hydrogen-bond acceptors (Lipinski definition) is 4. The average molecular weight is 201 g/mol. The monoisotopic (exact) mass is 201 g/mol. The highest BCUT2D eigenvalue weighted by Crippen LogP contribution is 1.89. The quantitative estimate of drug-likeness (QED) is 0.381. The molecule has 2 amide bonds. The standard InChI is InChI=1S/C8H19N5O/c1-4-13(8(14)11-9)10-6-5-7-12(2)3/h9-10H,4-7H2,1-3H3. The summed E-state index contributed by atoms with van der Waals surface area (Å²) in [4.78, 5) is 13.0. The van der Waals surface area contributed by atoms with Crippen LogP contribution in [0.4, 0.5) is 4.79 Å². The number of hydrogen-bond donors (Lipinski definition) is 2. The third kappa shape index (κ3) is 5.60. The zero-order valence-corrected chi connectivity index (χ0v) is 9.08. The first-order chi connectivity index (χ1) is 6.61. The molecule has 0 atom stereocenters. The molecule has 0 aromatic heterocycles. The van der Waals surface area contributed by atoms with Crippen LogP contribution in [0.3, 0.4) is 0 Å². The molecule has 0 aliphatic carbocycles. The van der Waals surface area contributed by atoms with Gasteiger partial charge in [0.1, 0.15) is 0 Å². The third-order valence-electron chi connectivity index (χ3n) is 1.73. The first-order valence-electron chi connectivity index (χ1n) is 4.69. The van der Waals surface area contributed by atoms with Crippen molar-refractivity contribution >= 4 is 6.03 Å². The minimum atomic E-state index is -0.544. The number of urea groups is 1. The highest BCUT2D eigenvalue weighted by molar-refractivity contribution is 5.73. The lowest BCUT2D eigenvalue weighted by Gasteiger charge is -2.19. The van der Waals surface area contributed by atoms with E-state index in [0.29, 0.717) is 13.1 Å². The molecule has 0 bridgehead atoms. The molecule has 14 heavy (non-hydrogen) atoms. The Morgan fingerprint density at radius 1 is 1.50 bits per heavy atom. The van der Waals surface area contributed by atoms with Crippen molar-refractivity contribution in [3.8, 4) is 0 Å². The molecule has 0 aliphatic rings. The Bertz CT molecular complexity index is 183. The van der Waals surface area contributed by atoms with Gasteiger partial charge in [-0.05, 0) is 34.0 Å². The molecule has 0 unspecified atom stereocenters. The highest BCUT2D eigenvalue weighted by atomic mass is 16.2. The maximum absolute atomic E-state index is 11.0. The third-order valence-corrected chi connectivity index (χ3v) is 1.73. The summed E-state index contributed by atoms with van der Waals surface area (Å²) in [6.45, 7) is 4.04. The fourth-order valence-electron chi connectivity index (χ4n) is 0.984. The van der Waals surface area contributed by atoms with Crippen LogP contribution in [0, 0.1) is 5.53 Å². The van der Waals surface area contributed by atoms with Crippen LogP contribution >= 0.6 is 0 Å². The molecule has 0 saturated heterocycles. The van der Waals surface area contributed by atoms with Crippen LogP contribution in [0.1, 0.15) is 13.3 Å². The van der Waals surface area contributed by atoms with Gasteiger partial charge in [-0.25, -0.2) is 10.2 Å². The first kappa shape index (κ1) is 13.0. The SMILES string of the molecule is CCN(NCCCN(C)C)C(=O)N=N. The van der Waals surface area contributed by atoms with Crippen LogP contribution in [0.15, 0.2) is 5.11 Å². The molecular formula is C8H19N5O. The van der Waals surface area contributed by atoms with Crippen LogP contribution in [-0.2, 0) is 0 Å². The van der Waals surface area contributed by atoms with Gasteiger partial charge in [0, 0.05) is 13.1 Å². The average Bonchev–Trinajstić information content (AvgIpc) is 2.16. The number of carbonyl (C=O) groups excluding carboxylic acids is 1. The van der Waals surface area contributed by atoms with Gasteiger partial charge < -0.3 is 4.90 Å². The Hall–Kier alpha value is -1.01. The van der Waals surface area contributed by atoms with Gasteiger partial charge >= 0.3 is 6.03 Å². The molecular weight excluding hydrogens is 182 g/mol. The minimum absolute atomic E-state index is 0.517. The Morgan fingerprint density at radius 2 is 2.14 bits per heavy atom. The van der Waals surface area contributed by atoms with Crippen molar-refractivity contribution in [1.82, 2.24) is 15.3 Å².